The molecule has 2 N–H and O–H groups in total. The van der Waals surface area contributed by atoms with Gasteiger partial charge in [0.1, 0.15) is 5.75 Å². The normalized spacial score (nSPS) is 21.0. The van der Waals surface area contributed by atoms with Crippen molar-refractivity contribution in [1.82, 2.24) is 10.0 Å². The first-order valence-corrected chi connectivity index (χ1v) is 10.6. The Kier molecular flexibility index (Phi) is 6.50. The van der Waals surface area contributed by atoms with Crippen LogP contribution in [0.4, 0.5) is 0 Å². The summed E-state index contributed by atoms with van der Waals surface area (Å²) >= 11 is 0. The van der Waals surface area contributed by atoms with E-state index >= 15 is 0 Å². The molecule has 1 atom stereocenters. The summed E-state index contributed by atoms with van der Waals surface area (Å²) in [7, 11) is -3.51. The predicted octanol–water partition coefficient (Wildman–Crippen LogP) is 1.58. The van der Waals surface area contributed by atoms with Crippen LogP contribution < -0.4 is 14.8 Å². The molecule has 0 unspecified atom stereocenters. The lowest BCUT2D eigenvalue weighted by atomic mass is 10.2. The molecule has 1 aliphatic carbocycles. The highest BCUT2D eigenvalue weighted by Gasteiger charge is 2.23. The van der Waals surface area contributed by atoms with Crippen LogP contribution in [0.25, 0.3) is 0 Å². The van der Waals surface area contributed by atoms with Crippen molar-refractivity contribution in [2.24, 2.45) is 0 Å². The van der Waals surface area contributed by atoms with Crippen molar-refractivity contribution >= 4 is 15.9 Å². The van der Waals surface area contributed by atoms with Crippen LogP contribution in [0.2, 0.25) is 0 Å². The Morgan fingerprint density at radius 2 is 1.85 bits per heavy atom. The molecule has 1 amide bonds. The number of rotatable bonds is 8. The third-order valence-electron chi connectivity index (χ3n) is 4.73. The average molecular weight is 382 g/mol. The molecule has 1 saturated heterocycles. The van der Waals surface area contributed by atoms with Crippen LogP contribution in [0.5, 0.6) is 5.75 Å². The van der Waals surface area contributed by atoms with E-state index in [1.165, 1.54) is 12.1 Å². The van der Waals surface area contributed by atoms with Crippen molar-refractivity contribution < 1.29 is 22.7 Å². The lowest BCUT2D eigenvalue weighted by Crippen LogP contribution is -2.35. The first-order chi connectivity index (χ1) is 12.5. The number of hydrogen-bond donors (Lipinski definition) is 2. The summed E-state index contributed by atoms with van der Waals surface area (Å²) in [5.74, 6) is 0.234. The molecule has 7 nitrogen and oxygen atoms in total. The third kappa shape index (κ3) is 5.43. The van der Waals surface area contributed by atoms with E-state index in [0.29, 0.717) is 12.3 Å². The van der Waals surface area contributed by atoms with E-state index in [2.05, 4.69) is 10.0 Å². The number of amides is 1. The second-order valence-electron chi connectivity index (χ2n) is 6.80. The van der Waals surface area contributed by atoms with Gasteiger partial charge in [0.05, 0.1) is 11.0 Å². The molecule has 1 heterocycles. The zero-order valence-electron chi connectivity index (χ0n) is 14.8. The molecule has 1 saturated carbocycles. The molecule has 3 rings (SSSR count). The molecule has 0 bridgehead atoms. The summed E-state index contributed by atoms with van der Waals surface area (Å²) in [6.45, 7) is 1.13. The van der Waals surface area contributed by atoms with Gasteiger partial charge >= 0.3 is 0 Å². The van der Waals surface area contributed by atoms with Crippen molar-refractivity contribution in [3.05, 3.63) is 24.3 Å². The van der Waals surface area contributed by atoms with Crippen molar-refractivity contribution in [3.63, 3.8) is 0 Å². The largest absolute Gasteiger partial charge is 0.484 e. The van der Waals surface area contributed by atoms with Crippen LogP contribution in [0.15, 0.2) is 29.2 Å². The van der Waals surface area contributed by atoms with Gasteiger partial charge in [-0.1, -0.05) is 12.8 Å². The highest BCUT2D eigenvalue weighted by atomic mass is 32.2. The molecular formula is C18H26N2O5S. The minimum Gasteiger partial charge on any atom is -0.484 e. The monoisotopic (exact) mass is 382 g/mol. The second-order valence-corrected chi connectivity index (χ2v) is 8.52. The summed E-state index contributed by atoms with van der Waals surface area (Å²) in [5.41, 5.74) is 0. The Bertz CT molecular complexity index is 693. The lowest BCUT2D eigenvalue weighted by Gasteiger charge is -2.13. The molecule has 0 spiro atoms. The van der Waals surface area contributed by atoms with Gasteiger partial charge in [0.15, 0.2) is 6.61 Å². The van der Waals surface area contributed by atoms with E-state index in [9.17, 15) is 13.2 Å². The van der Waals surface area contributed by atoms with Gasteiger partial charge in [-0.15, -0.1) is 0 Å². The molecule has 1 aliphatic heterocycles. The summed E-state index contributed by atoms with van der Waals surface area (Å²) in [5, 5.41) is 2.78. The Labute approximate surface area is 154 Å². The fourth-order valence-electron chi connectivity index (χ4n) is 3.28. The summed E-state index contributed by atoms with van der Waals surface area (Å²) < 4.78 is 38.3. The van der Waals surface area contributed by atoms with Crippen molar-refractivity contribution in [2.75, 3.05) is 19.8 Å². The van der Waals surface area contributed by atoms with E-state index < -0.39 is 10.0 Å². The van der Waals surface area contributed by atoms with E-state index in [-0.39, 0.29) is 29.6 Å². The van der Waals surface area contributed by atoms with Gasteiger partial charge in [0.2, 0.25) is 10.0 Å². The van der Waals surface area contributed by atoms with E-state index in [0.717, 1.165) is 45.1 Å². The molecular weight excluding hydrogens is 356 g/mol. The van der Waals surface area contributed by atoms with Gasteiger partial charge in [-0.25, -0.2) is 13.1 Å². The predicted molar refractivity (Wildman–Crippen MR) is 96.5 cm³/mol. The Balaban J connectivity index is 1.45. The Hall–Kier alpha value is -1.64. The molecule has 8 heteroatoms. The summed E-state index contributed by atoms with van der Waals surface area (Å²) in [4.78, 5) is 12.0. The highest BCUT2D eigenvalue weighted by Crippen LogP contribution is 2.21. The minimum atomic E-state index is -3.51. The molecule has 1 aromatic rings. The highest BCUT2D eigenvalue weighted by molar-refractivity contribution is 7.89. The fraction of sp³-hybridized carbons (Fsp3) is 0.611. The zero-order chi connectivity index (χ0) is 18.4. The Morgan fingerprint density at radius 3 is 2.50 bits per heavy atom. The summed E-state index contributed by atoms with van der Waals surface area (Å²) in [6, 6.07) is 6.16. The summed E-state index contributed by atoms with van der Waals surface area (Å²) in [6.07, 6.45) is 6.00. The molecule has 144 valence electrons. The van der Waals surface area contributed by atoms with E-state index in [1.54, 1.807) is 12.1 Å². The number of benzene rings is 1. The molecule has 26 heavy (non-hydrogen) atoms. The smallest absolute Gasteiger partial charge is 0.258 e. The maximum Gasteiger partial charge on any atom is 0.258 e. The fourth-order valence-corrected chi connectivity index (χ4v) is 4.58. The molecule has 2 aliphatic rings. The van der Waals surface area contributed by atoms with Gasteiger partial charge in [0, 0.05) is 19.2 Å². The topological polar surface area (TPSA) is 93.7 Å². The van der Waals surface area contributed by atoms with Gasteiger partial charge in [-0.05, 0) is 49.9 Å². The van der Waals surface area contributed by atoms with Crippen LogP contribution in [0.1, 0.15) is 38.5 Å². The Morgan fingerprint density at radius 1 is 1.12 bits per heavy atom. The van der Waals surface area contributed by atoms with Crippen LogP contribution in [-0.4, -0.2) is 46.2 Å². The van der Waals surface area contributed by atoms with E-state index in [4.69, 9.17) is 9.47 Å². The van der Waals surface area contributed by atoms with Gasteiger partial charge in [-0.2, -0.15) is 0 Å². The number of carbonyl (C=O) groups is 1. The molecule has 2 fully saturated rings. The number of carbonyl (C=O) groups excluding carboxylic acids is 1. The van der Waals surface area contributed by atoms with Crippen LogP contribution in [0, 0.1) is 0 Å². The molecule has 1 aromatic carbocycles. The number of hydrogen-bond acceptors (Lipinski definition) is 5. The quantitative estimate of drug-likeness (QED) is 0.712. The van der Waals surface area contributed by atoms with Gasteiger partial charge in [0.25, 0.3) is 5.91 Å². The lowest BCUT2D eigenvalue weighted by molar-refractivity contribution is -0.123. The minimum absolute atomic E-state index is 0.0310. The van der Waals surface area contributed by atoms with Crippen LogP contribution in [-0.2, 0) is 19.6 Å². The van der Waals surface area contributed by atoms with Gasteiger partial charge in [-0.3, -0.25) is 4.79 Å². The molecule has 0 aromatic heterocycles. The SMILES string of the molecule is O=C(COc1ccc(S(=O)(=O)NC2CCCC2)cc1)NC[C@H]1CCCO1. The standard InChI is InChI=1S/C18H26N2O5S/c21-18(19-12-16-6-3-11-24-16)13-25-15-7-9-17(10-8-15)26(22,23)20-14-4-1-2-5-14/h7-10,14,16,20H,1-6,11-13H2,(H,19,21)/t16-/m1/s1. The average Bonchev–Trinajstić information content (AvgIpc) is 3.32. The first kappa shape index (κ1) is 19.1. The zero-order valence-corrected chi connectivity index (χ0v) is 15.6. The molecule has 0 radical (unpaired) electrons. The number of ether oxygens (including phenoxy) is 2. The first-order valence-electron chi connectivity index (χ1n) is 9.16. The van der Waals surface area contributed by atoms with Crippen LogP contribution in [0.3, 0.4) is 0 Å². The van der Waals surface area contributed by atoms with E-state index in [1.807, 2.05) is 0 Å². The van der Waals surface area contributed by atoms with Gasteiger partial charge < -0.3 is 14.8 Å². The maximum absolute atomic E-state index is 12.3. The third-order valence-corrected chi connectivity index (χ3v) is 6.27. The van der Waals surface area contributed by atoms with Crippen molar-refractivity contribution in [1.29, 1.82) is 0 Å². The van der Waals surface area contributed by atoms with Crippen molar-refractivity contribution in [3.8, 4) is 5.75 Å². The number of nitrogens with one attached hydrogen (secondary N) is 2. The number of sulfonamides is 1. The van der Waals surface area contributed by atoms with Crippen molar-refractivity contribution in [2.45, 2.75) is 55.6 Å². The van der Waals surface area contributed by atoms with Crippen LogP contribution >= 0.6 is 0 Å². The second kappa shape index (κ2) is 8.83. The maximum atomic E-state index is 12.3.